The molecule has 0 bridgehead atoms. The van der Waals surface area contributed by atoms with Crippen molar-refractivity contribution >= 4 is 27.5 Å². The van der Waals surface area contributed by atoms with Crippen LogP contribution in [-0.4, -0.2) is 23.6 Å². The molecule has 6 heteroatoms. The maximum absolute atomic E-state index is 12.0. The zero-order valence-electron chi connectivity index (χ0n) is 10.2. The number of nitrogens with zero attached hydrogens (tertiary/aromatic N) is 1. The monoisotopic (exact) mass is 313 g/mol. The molecule has 2 heterocycles. The normalized spacial score (nSPS) is 16.6. The first-order valence-corrected chi connectivity index (χ1v) is 6.75. The largest absolute Gasteiger partial charge is 0.321 e. The SMILES string of the molecule is Cn1cc(Br)cc(NC(=O)C2CCNCC2)c1=O. The van der Waals surface area contributed by atoms with Crippen molar-refractivity contribution in [2.24, 2.45) is 13.0 Å². The van der Waals surface area contributed by atoms with Gasteiger partial charge in [-0.1, -0.05) is 0 Å². The Morgan fingerprint density at radius 2 is 2.17 bits per heavy atom. The molecule has 2 N–H and O–H groups in total. The number of rotatable bonds is 2. The van der Waals surface area contributed by atoms with E-state index in [1.807, 2.05) is 0 Å². The van der Waals surface area contributed by atoms with Crippen molar-refractivity contribution in [1.82, 2.24) is 9.88 Å². The maximum Gasteiger partial charge on any atom is 0.274 e. The second kappa shape index (κ2) is 5.67. The number of piperidine rings is 1. The molecule has 0 spiro atoms. The molecule has 1 aromatic rings. The van der Waals surface area contributed by atoms with E-state index >= 15 is 0 Å². The summed E-state index contributed by atoms with van der Waals surface area (Å²) in [5.74, 6) is -0.0679. The maximum atomic E-state index is 12.0. The van der Waals surface area contributed by atoms with Gasteiger partial charge < -0.3 is 15.2 Å². The number of hydrogen-bond acceptors (Lipinski definition) is 3. The Balaban J connectivity index is 2.13. The number of carbonyl (C=O) groups is 1. The molecule has 0 aliphatic carbocycles. The van der Waals surface area contributed by atoms with Crippen molar-refractivity contribution in [2.45, 2.75) is 12.8 Å². The van der Waals surface area contributed by atoms with Gasteiger partial charge in [0.05, 0.1) is 0 Å². The lowest BCUT2D eigenvalue weighted by molar-refractivity contribution is -0.120. The van der Waals surface area contributed by atoms with E-state index in [0.29, 0.717) is 5.69 Å². The predicted octanol–water partition coefficient (Wildman–Crippen LogP) is 1.09. The van der Waals surface area contributed by atoms with Gasteiger partial charge in [-0.2, -0.15) is 0 Å². The van der Waals surface area contributed by atoms with Crippen molar-refractivity contribution in [1.29, 1.82) is 0 Å². The van der Waals surface area contributed by atoms with Crippen LogP contribution in [0.15, 0.2) is 21.5 Å². The van der Waals surface area contributed by atoms with Crippen molar-refractivity contribution in [3.63, 3.8) is 0 Å². The van der Waals surface area contributed by atoms with Gasteiger partial charge in [0.15, 0.2) is 0 Å². The molecule has 2 rings (SSSR count). The van der Waals surface area contributed by atoms with Crippen molar-refractivity contribution in [3.05, 3.63) is 27.1 Å². The molecule has 1 aliphatic heterocycles. The number of pyridine rings is 1. The zero-order chi connectivity index (χ0) is 13.1. The van der Waals surface area contributed by atoms with Crippen LogP contribution in [0.2, 0.25) is 0 Å². The summed E-state index contributed by atoms with van der Waals surface area (Å²) in [4.78, 5) is 23.9. The lowest BCUT2D eigenvalue weighted by Crippen LogP contribution is -2.36. The first-order valence-electron chi connectivity index (χ1n) is 5.95. The molecule has 1 saturated heterocycles. The van der Waals surface area contributed by atoms with E-state index in [1.54, 1.807) is 19.3 Å². The molecule has 18 heavy (non-hydrogen) atoms. The number of aromatic nitrogens is 1. The highest BCUT2D eigenvalue weighted by Crippen LogP contribution is 2.16. The topological polar surface area (TPSA) is 63.1 Å². The molecule has 1 aliphatic rings. The molecule has 0 aromatic carbocycles. The van der Waals surface area contributed by atoms with Crippen LogP contribution in [0.1, 0.15) is 12.8 Å². The quantitative estimate of drug-likeness (QED) is 0.859. The number of hydrogen-bond donors (Lipinski definition) is 2. The van der Waals surface area contributed by atoms with Gasteiger partial charge in [-0.05, 0) is 47.9 Å². The van der Waals surface area contributed by atoms with Gasteiger partial charge in [-0.3, -0.25) is 9.59 Å². The molecule has 1 fully saturated rings. The molecule has 98 valence electrons. The van der Waals surface area contributed by atoms with E-state index in [9.17, 15) is 9.59 Å². The fraction of sp³-hybridized carbons (Fsp3) is 0.500. The van der Waals surface area contributed by atoms with E-state index < -0.39 is 0 Å². The van der Waals surface area contributed by atoms with E-state index in [-0.39, 0.29) is 17.4 Å². The highest BCUT2D eigenvalue weighted by atomic mass is 79.9. The van der Waals surface area contributed by atoms with Crippen LogP contribution >= 0.6 is 15.9 Å². The fourth-order valence-electron chi connectivity index (χ4n) is 2.08. The average Bonchev–Trinajstić information content (AvgIpc) is 2.36. The molecule has 0 radical (unpaired) electrons. The third kappa shape index (κ3) is 3.00. The fourth-order valence-corrected chi connectivity index (χ4v) is 2.62. The van der Waals surface area contributed by atoms with Gasteiger partial charge in [0.25, 0.3) is 5.56 Å². The second-order valence-electron chi connectivity index (χ2n) is 4.50. The van der Waals surface area contributed by atoms with Gasteiger partial charge >= 0.3 is 0 Å². The van der Waals surface area contributed by atoms with Crippen molar-refractivity contribution < 1.29 is 4.79 Å². The molecular formula is C12H16BrN3O2. The minimum absolute atomic E-state index is 0.00469. The lowest BCUT2D eigenvalue weighted by atomic mass is 9.97. The number of amides is 1. The summed E-state index contributed by atoms with van der Waals surface area (Å²) in [7, 11) is 1.66. The number of aryl methyl sites for hydroxylation is 1. The van der Waals surface area contributed by atoms with Crippen LogP contribution in [0.5, 0.6) is 0 Å². The third-order valence-electron chi connectivity index (χ3n) is 3.12. The van der Waals surface area contributed by atoms with Crippen LogP contribution in [0, 0.1) is 5.92 Å². The molecule has 1 aromatic heterocycles. The Morgan fingerprint density at radius 3 is 2.83 bits per heavy atom. The molecule has 0 atom stereocenters. The standard InChI is InChI=1S/C12H16BrN3O2/c1-16-7-9(13)6-10(12(16)18)15-11(17)8-2-4-14-5-3-8/h6-8,14H,2-5H2,1H3,(H,15,17). The molecule has 0 saturated carbocycles. The van der Waals surface area contributed by atoms with Gasteiger partial charge in [0.2, 0.25) is 5.91 Å². The molecule has 0 unspecified atom stereocenters. The van der Waals surface area contributed by atoms with Crippen LogP contribution in [-0.2, 0) is 11.8 Å². The van der Waals surface area contributed by atoms with Crippen molar-refractivity contribution in [2.75, 3.05) is 18.4 Å². The Hall–Kier alpha value is -1.14. The van der Waals surface area contributed by atoms with Crippen LogP contribution < -0.4 is 16.2 Å². The summed E-state index contributed by atoms with van der Waals surface area (Å²) in [6, 6.07) is 1.64. The average molecular weight is 314 g/mol. The van der Waals surface area contributed by atoms with Crippen LogP contribution in [0.25, 0.3) is 0 Å². The molecule has 5 nitrogen and oxygen atoms in total. The van der Waals surface area contributed by atoms with E-state index in [4.69, 9.17) is 0 Å². The zero-order valence-corrected chi connectivity index (χ0v) is 11.8. The molecular weight excluding hydrogens is 298 g/mol. The Labute approximate surface area is 114 Å². The minimum Gasteiger partial charge on any atom is -0.321 e. The smallest absolute Gasteiger partial charge is 0.274 e. The Kier molecular flexibility index (Phi) is 4.19. The van der Waals surface area contributed by atoms with Gasteiger partial charge in [0.1, 0.15) is 5.69 Å². The third-order valence-corrected chi connectivity index (χ3v) is 3.55. The minimum atomic E-state index is -0.194. The first kappa shape index (κ1) is 13.3. The highest BCUT2D eigenvalue weighted by Gasteiger charge is 2.21. The Bertz CT molecular complexity index is 507. The summed E-state index contributed by atoms with van der Waals surface area (Å²) in [5, 5.41) is 5.94. The number of nitrogens with one attached hydrogen (secondary N) is 2. The van der Waals surface area contributed by atoms with Crippen LogP contribution in [0.4, 0.5) is 5.69 Å². The first-order chi connectivity index (χ1) is 8.58. The van der Waals surface area contributed by atoms with Gasteiger partial charge in [-0.25, -0.2) is 0 Å². The lowest BCUT2D eigenvalue weighted by Gasteiger charge is -2.21. The number of anilines is 1. The predicted molar refractivity (Wildman–Crippen MR) is 73.6 cm³/mol. The number of halogens is 1. The molecule has 1 amide bonds. The summed E-state index contributed by atoms with van der Waals surface area (Å²) < 4.78 is 2.22. The highest BCUT2D eigenvalue weighted by molar-refractivity contribution is 9.10. The van der Waals surface area contributed by atoms with Crippen molar-refractivity contribution in [3.8, 4) is 0 Å². The summed E-state index contributed by atoms with van der Waals surface area (Å²) in [5.41, 5.74) is 0.135. The number of carbonyl (C=O) groups excluding carboxylic acids is 1. The van der Waals surface area contributed by atoms with Gasteiger partial charge in [0, 0.05) is 23.6 Å². The summed E-state index contributed by atoms with van der Waals surface area (Å²) in [6.45, 7) is 1.71. The second-order valence-corrected chi connectivity index (χ2v) is 5.42. The van der Waals surface area contributed by atoms with E-state index in [1.165, 1.54) is 4.57 Å². The van der Waals surface area contributed by atoms with Gasteiger partial charge in [-0.15, -0.1) is 0 Å². The summed E-state index contributed by atoms with van der Waals surface area (Å²) in [6.07, 6.45) is 3.31. The van der Waals surface area contributed by atoms with Crippen LogP contribution in [0.3, 0.4) is 0 Å². The van der Waals surface area contributed by atoms with E-state index in [2.05, 4.69) is 26.6 Å². The summed E-state index contributed by atoms with van der Waals surface area (Å²) >= 11 is 3.31. The Morgan fingerprint density at radius 1 is 1.50 bits per heavy atom. The van der Waals surface area contributed by atoms with E-state index in [0.717, 1.165) is 30.4 Å².